The fourth-order valence-corrected chi connectivity index (χ4v) is 2.56. The summed E-state index contributed by atoms with van der Waals surface area (Å²) in [4.78, 5) is 5.11. The van der Waals surface area contributed by atoms with Crippen molar-refractivity contribution in [1.29, 1.82) is 0 Å². The Balaban J connectivity index is 2.29. The lowest BCUT2D eigenvalue weighted by molar-refractivity contribution is 0.194. The first-order valence-electron chi connectivity index (χ1n) is 6.79. The van der Waals surface area contributed by atoms with E-state index in [-0.39, 0.29) is 0 Å². The van der Waals surface area contributed by atoms with Gasteiger partial charge in [-0.25, -0.2) is 0 Å². The largest absolute Gasteiger partial charge is 0.314 e. The minimum atomic E-state index is 0.651. The van der Waals surface area contributed by atoms with Crippen LogP contribution in [0.3, 0.4) is 0 Å². The molecule has 0 aliphatic carbocycles. The molecule has 0 aromatic rings. The van der Waals surface area contributed by atoms with Gasteiger partial charge < -0.3 is 10.2 Å². The Morgan fingerprint density at radius 2 is 2.12 bits per heavy atom. The molecule has 0 aromatic heterocycles. The van der Waals surface area contributed by atoms with E-state index in [1.165, 1.54) is 39.0 Å². The van der Waals surface area contributed by atoms with E-state index in [0.717, 1.165) is 6.54 Å². The minimum Gasteiger partial charge on any atom is -0.314 e. The van der Waals surface area contributed by atoms with E-state index < -0.39 is 0 Å². The van der Waals surface area contributed by atoms with Gasteiger partial charge in [0.25, 0.3) is 0 Å². The normalized spacial score (nSPS) is 26.6. The highest BCUT2D eigenvalue weighted by atomic mass is 15.2. The first kappa shape index (κ1) is 13.9. The Hall–Kier alpha value is -0.120. The average molecular weight is 227 g/mol. The Morgan fingerprint density at radius 1 is 1.38 bits per heavy atom. The van der Waals surface area contributed by atoms with Crippen LogP contribution < -0.4 is 5.32 Å². The summed E-state index contributed by atoms with van der Waals surface area (Å²) in [5.74, 6) is 0. The zero-order chi connectivity index (χ0) is 12.0. The molecule has 16 heavy (non-hydrogen) atoms. The Labute approximate surface area is 101 Å². The van der Waals surface area contributed by atoms with Crippen molar-refractivity contribution >= 4 is 0 Å². The number of likely N-dealkylation sites (N-methyl/N-ethyl adjacent to an activating group) is 1. The summed E-state index contributed by atoms with van der Waals surface area (Å²) in [5.41, 5.74) is 0. The van der Waals surface area contributed by atoms with E-state index in [2.05, 4.69) is 42.9 Å². The van der Waals surface area contributed by atoms with Crippen LogP contribution in [0.2, 0.25) is 0 Å². The lowest BCUT2D eigenvalue weighted by Crippen LogP contribution is -2.40. The average Bonchev–Trinajstić information content (AvgIpc) is 2.37. The van der Waals surface area contributed by atoms with Crippen LogP contribution in [0.25, 0.3) is 0 Å². The SMILES string of the molecule is CCNC(C)CCN1CCCN(C)CC1C. The fraction of sp³-hybridized carbons (Fsp3) is 1.00. The van der Waals surface area contributed by atoms with Crippen molar-refractivity contribution in [2.24, 2.45) is 0 Å². The molecule has 3 nitrogen and oxygen atoms in total. The molecule has 1 heterocycles. The van der Waals surface area contributed by atoms with Crippen molar-refractivity contribution in [2.45, 2.75) is 45.7 Å². The summed E-state index contributed by atoms with van der Waals surface area (Å²) in [6, 6.07) is 1.36. The molecule has 1 rings (SSSR count). The Bertz CT molecular complexity index is 184. The first-order valence-corrected chi connectivity index (χ1v) is 6.79. The molecule has 0 saturated carbocycles. The molecular formula is C13H29N3. The Kier molecular flexibility index (Phi) is 6.32. The molecule has 1 saturated heterocycles. The molecule has 1 fully saturated rings. The number of rotatable bonds is 5. The van der Waals surface area contributed by atoms with Crippen LogP contribution in [0.5, 0.6) is 0 Å². The summed E-state index contributed by atoms with van der Waals surface area (Å²) in [6.45, 7) is 12.9. The highest BCUT2D eigenvalue weighted by Crippen LogP contribution is 2.09. The maximum atomic E-state index is 3.49. The lowest BCUT2D eigenvalue weighted by atomic mass is 10.2. The summed E-state index contributed by atoms with van der Waals surface area (Å²) in [6.07, 6.45) is 2.58. The third kappa shape index (κ3) is 4.81. The molecule has 2 unspecified atom stereocenters. The van der Waals surface area contributed by atoms with Gasteiger partial charge in [0, 0.05) is 18.6 Å². The van der Waals surface area contributed by atoms with Crippen LogP contribution in [0.15, 0.2) is 0 Å². The first-order chi connectivity index (χ1) is 7.63. The van der Waals surface area contributed by atoms with E-state index in [0.29, 0.717) is 12.1 Å². The summed E-state index contributed by atoms with van der Waals surface area (Å²) in [7, 11) is 2.24. The number of hydrogen-bond donors (Lipinski definition) is 1. The van der Waals surface area contributed by atoms with Gasteiger partial charge in [-0.1, -0.05) is 6.92 Å². The summed E-state index contributed by atoms with van der Waals surface area (Å²) < 4.78 is 0. The maximum absolute atomic E-state index is 3.49. The third-order valence-electron chi connectivity index (χ3n) is 3.59. The van der Waals surface area contributed by atoms with Crippen LogP contribution >= 0.6 is 0 Å². The van der Waals surface area contributed by atoms with Gasteiger partial charge in [-0.2, -0.15) is 0 Å². The van der Waals surface area contributed by atoms with Gasteiger partial charge in [-0.05, 0) is 59.9 Å². The van der Waals surface area contributed by atoms with Crippen molar-refractivity contribution in [2.75, 3.05) is 39.8 Å². The van der Waals surface area contributed by atoms with Crippen LogP contribution in [0, 0.1) is 0 Å². The minimum absolute atomic E-state index is 0.651. The van der Waals surface area contributed by atoms with Gasteiger partial charge in [-0.15, -0.1) is 0 Å². The second-order valence-corrected chi connectivity index (χ2v) is 5.25. The van der Waals surface area contributed by atoms with E-state index >= 15 is 0 Å². The fourth-order valence-electron chi connectivity index (χ4n) is 2.56. The second-order valence-electron chi connectivity index (χ2n) is 5.25. The van der Waals surface area contributed by atoms with Crippen LogP contribution in [0.4, 0.5) is 0 Å². The quantitative estimate of drug-likeness (QED) is 0.766. The molecular weight excluding hydrogens is 198 g/mol. The molecule has 3 heteroatoms. The topological polar surface area (TPSA) is 18.5 Å². The van der Waals surface area contributed by atoms with E-state index in [4.69, 9.17) is 0 Å². The molecule has 96 valence electrons. The second kappa shape index (κ2) is 7.25. The van der Waals surface area contributed by atoms with Gasteiger partial charge in [0.2, 0.25) is 0 Å². The van der Waals surface area contributed by atoms with Gasteiger partial charge in [0.1, 0.15) is 0 Å². The van der Waals surface area contributed by atoms with E-state index in [1.807, 2.05) is 0 Å². The molecule has 1 aliphatic heterocycles. The highest BCUT2D eigenvalue weighted by molar-refractivity contribution is 4.76. The van der Waals surface area contributed by atoms with Gasteiger partial charge >= 0.3 is 0 Å². The van der Waals surface area contributed by atoms with Crippen molar-refractivity contribution in [3.05, 3.63) is 0 Å². The third-order valence-corrected chi connectivity index (χ3v) is 3.59. The van der Waals surface area contributed by atoms with Gasteiger partial charge in [-0.3, -0.25) is 4.90 Å². The maximum Gasteiger partial charge on any atom is 0.0194 e. The lowest BCUT2D eigenvalue weighted by Gasteiger charge is -2.29. The molecule has 2 atom stereocenters. The van der Waals surface area contributed by atoms with Crippen molar-refractivity contribution < 1.29 is 0 Å². The highest BCUT2D eigenvalue weighted by Gasteiger charge is 2.19. The zero-order valence-corrected chi connectivity index (χ0v) is 11.5. The molecule has 1 aliphatic rings. The number of nitrogens with one attached hydrogen (secondary N) is 1. The standard InChI is InChI=1S/C13H29N3/c1-5-14-12(2)7-10-16-9-6-8-15(4)11-13(16)3/h12-14H,5-11H2,1-4H3. The summed E-state index contributed by atoms with van der Waals surface area (Å²) >= 11 is 0. The zero-order valence-electron chi connectivity index (χ0n) is 11.5. The predicted octanol–water partition coefficient (Wildman–Crippen LogP) is 1.40. The number of nitrogens with zero attached hydrogens (tertiary/aromatic N) is 2. The van der Waals surface area contributed by atoms with Crippen LogP contribution in [-0.2, 0) is 0 Å². The monoisotopic (exact) mass is 227 g/mol. The molecule has 0 radical (unpaired) electrons. The molecule has 0 bridgehead atoms. The smallest absolute Gasteiger partial charge is 0.0194 e. The molecule has 0 spiro atoms. The van der Waals surface area contributed by atoms with Gasteiger partial charge in [0.05, 0.1) is 0 Å². The molecule has 0 aromatic carbocycles. The van der Waals surface area contributed by atoms with Crippen LogP contribution in [0.1, 0.15) is 33.6 Å². The Morgan fingerprint density at radius 3 is 2.81 bits per heavy atom. The predicted molar refractivity (Wildman–Crippen MR) is 70.9 cm³/mol. The van der Waals surface area contributed by atoms with Gasteiger partial charge in [0.15, 0.2) is 0 Å². The van der Waals surface area contributed by atoms with Crippen LogP contribution in [-0.4, -0.2) is 61.7 Å². The van der Waals surface area contributed by atoms with E-state index in [1.54, 1.807) is 0 Å². The van der Waals surface area contributed by atoms with Crippen molar-refractivity contribution in [1.82, 2.24) is 15.1 Å². The van der Waals surface area contributed by atoms with Crippen molar-refractivity contribution in [3.63, 3.8) is 0 Å². The number of hydrogen-bond acceptors (Lipinski definition) is 3. The molecule has 1 N–H and O–H groups in total. The van der Waals surface area contributed by atoms with Crippen molar-refractivity contribution in [3.8, 4) is 0 Å². The molecule has 0 amide bonds. The summed E-state index contributed by atoms with van der Waals surface area (Å²) in [5, 5.41) is 3.49. The van der Waals surface area contributed by atoms with E-state index in [9.17, 15) is 0 Å².